The zero-order valence-electron chi connectivity index (χ0n) is 11.4. The lowest BCUT2D eigenvalue weighted by Gasteiger charge is -2.27. The molecule has 2 aromatic rings. The minimum atomic E-state index is 0.0288. The van der Waals surface area contributed by atoms with E-state index in [0.29, 0.717) is 0 Å². The molecule has 0 saturated heterocycles. The standard InChI is InChI=1S/C16H18BrNOS/c1-10-8-15(20-16(10)17)13(18)9-14-12-5-3-2-4-11(12)6-7-19-14/h2-5,8,13-14H,6-7,9,18H2,1H3. The average Bonchev–Trinajstić information content (AvgIpc) is 2.79. The van der Waals surface area contributed by atoms with Gasteiger partial charge in [0.1, 0.15) is 0 Å². The summed E-state index contributed by atoms with van der Waals surface area (Å²) in [7, 11) is 0. The van der Waals surface area contributed by atoms with Crippen molar-refractivity contribution in [2.75, 3.05) is 6.61 Å². The Hall–Kier alpha value is -0.680. The van der Waals surface area contributed by atoms with E-state index in [1.807, 2.05) is 0 Å². The number of nitrogens with two attached hydrogens (primary N) is 1. The quantitative estimate of drug-likeness (QED) is 0.881. The van der Waals surface area contributed by atoms with E-state index in [9.17, 15) is 0 Å². The molecule has 3 rings (SSSR count). The molecular weight excluding hydrogens is 334 g/mol. The van der Waals surface area contributed by atoms with Gasteiger partial charge in [-0.25, -0.2) is 0 Å². The molecule has 0 radical (unpaired) electrons. The van der Waals surface area contributed by atoms with Gasteiger partial charge in [-0.15, -0.1) is 11.3 Å². The van der Waals surface area contributed by atoms with Crippen molar-refractivity contribution in [3.8, 4) is 0 Å². The molecule has 2 nitrogen and oxygen atoms in total. The number of hydrogen-bond donors (Lipinski definition) is 1. The van der Waals surface area contributed by atoms with Crippen LogP contribution in [0.3, 0.4) is 0 Å². The van der Waals surface area contributed by atoms with Crippen LogP contribution >= 0.6 is 27.3 Å². The second kappa shape index (κ2) is 5.98. The molecule has 2 unspecified atom stereocenters. The molecule has 0 amide bonds. The number of rotatable bonds is 3. The normalized spacial score (nSPS) is 19.6. The summed E-state index contributed by atoms with van der Waals surface area (Å²) in [4.78, 5) is 1.22. The van der Waals surface area contributed by atoms with E-state index in [-0.39, 0.29) is 12.1 Å². The molecule has 0 spiro atoms. The van der Waals surface area contributed by atoms with Gasteiger partial charge in [0.25, 0.3) is 0 Å². The Labute approximate surface area is 132 Å². The van der Waals surface area contributed by atoms with E-state index < -0.39 is 0 Å². The van der Waals surface area contributed by atoms with Gasteiger partial charge in [0.2, 0.25) is 0 Å². The first kappa shape index (κ1) is 14.3. The molecule has 0 saturated carbocycles. The van der Waals surface area contributed by atoms with Crippen molar-refractivity contribution in [3.05, 3.63) is 55.7 Å². The molecule has 1 aromatic carbocycles. The zero-order chi connectivity index (χ0) is 14.1. The first-order valence-corrected chi connectivity index (χ1v) is 8.47. The van der Waals surface area contributed by atoms with E-state index in [1.165, 1.54) is 25.4 Å². The second-order valence-corrected chi connectivity index (χ2v) is 7.66. The molecule has 2 N–H and O–H groups in total. The number of thiophene rings is 1. The van der Waals surface area contributed by atoms with E-state index in [0.717, 1.165) is 19.4 Å². The van der Waals surface area contributed by atoms with E-state index in [1.54, 1.807) is 11.3 Å². The lowest BCUT2D eigenvalue weighted by Crippen LogP contribution is -2.21. The highest BCUT2D eigenvalue weighted by Gasteiger charge is 2.24. The molecule has 106 valence electrons. The first-order chi connectivity index (χ1) is 9.65. The van der Waals surface area contributed by atoms with Gasteiger partial charge in [-0.05, 0) is 58.5 Å². The highest BCUT2D eigenvalue weighted by Crippen LogP contribution is 2.37. The molecule has 0 bridgehead atoms. The zero-order valence-corrected chi connectivity index (χ0v) is 13.8. The number of benzene rings is 1. The summed E-state index contributed by atoms with van der Waals surface area (Å²) in [5, 5.41) is 0. The Bertz CT molecular complexity index is 591. The van der Waals surface area contributed by atoms with Gasteiger partial charge < -0.3 is 10.5 Å². The van der Waals surface area contributed by atoms with Crippen LogP contribution in [0.15, 0.2) is 34.1 Å². The minimum Gasteiger partial charge on any atom is -0.373 e. The topological polar surface area (TPSA) is 35.2 Å². The van der Waals surface area contributed by atoms with Gasteiger partial charge >= 0.3 is 0 Å². The van der Waals surface area contributed by atoms with Crippen molar-refractivity contribution in [2.45, 2.75) is 31.9 Å². The van der Waals surface area contributed by atoms with Crippen molar-refractivity contribution < 1.29 is 4.74 Å². The smallest absolute Gasteiger partial charge is 0.0846 e. The van der Waals surface area contributed by atoms with Crippen LogP contribution in [-0.4, -0.2) is 6.61 Å². The van der Waals surface area contributed by atoms with Crippen molar-refractivity contribution in [1.29, 1.82) is 0 Å². The fourth-order valence-electron chi connectivity index (χ4n) is 2.68. The monoisotopic (exact) mass is 351 g/mol. The molecule has 0 aliphatic carbocycles. The number of fused-ring (bicyclic) bond motifs is 1. The molecule has 0 fully saturated rings. The summed E-state index contributed by atoms with van der Waals surface area (Å²) < 4.78 is 7.12. The minimum absolute atomic E-state index is 0.0288. The highest BCUT2D eigenvalue weighted by atomic mass is 79.9. The number of halogens is 1. The van der Waals surface area contributed by atoms with E-state index >= 15 is 0 Å². The SMILES string of the molecule is Cc1cc(C(N)CC2OCCc3ccccc32)sc1Br. The molecular formula is C16H18BrNOS. The van der Waals surface area contributed by atoms with Crippen molar-refractivity contribution in [3.63, 3.8) is 0 Å². The molecule has 20 heavy (non-hydrogen) atoms. The second-order valence-electron chi connectivity index (χ2n) is 5.26. The summed E-state index contributed by atoms with van der Waals surface area (Å²) in [6, 6.07) is 10.7. The Kier molecular flexibility index (Phi) is 4.26. The third-order valence-electron chi connectivity index (χ3n) is 3.80. The molecule has 1 aliphatic rings. The number of ether oxygens (including phenoxy) is 1. The van der Waals surface area contributed by atoms with Crippen LogP contribution in [0.25, 0.3) is 0 Å². The maximum atomic E-state index is 6.37. The molecule has 2 heterocycles. The summed E-state index contributed by atoms with van der Waals surface area (Å²) in [5.41, 5.74) is 10.3. The molecule has 4 heteroatoms. The van der Waals surface area contributed by atoms with Crippen LogP contribution in [0.2, 0.25) is 0 Å². The third-order valence-corrected chi connectivity index (χ3v) is 6.07. The van der Waals surface area contributed by atoms with E-state index in [4.69, 9.17) is 10.5 Å². The van der Waals surface area contributed by atoms with Crippen molar-refractivity contribution in [2.24, 2.45) is 5.73 Å². The van der Waals surface area contributed by atoms with Gasteiger partial charge in [0.15, 0.2) is 0 Å². The van der Waals surface area contributed by atoms with Crippen LogP contribution in [0.5, 0.6) is 0 Å². The van der Waals surface area contributed by atoms with Gasteiger partial charge in [-0.3, -0.25) is 0 Å². The molecule has 1 aliphatic heterocycles. The summed E-state index contributed by atoms with van der Waals surface area (Å²) >= 11 is 5.30. The summed E-state index contributed by atoms with van der Waals surface area (Å²) in [6.07, 6.45) is 1.96. The first-order valence-electron chi connectivity index (χ1n) is 6.86. The van der Waals surface area contributed by atoms with Gasteiger partial charge in [0.05, 0.1) is 16.5 Å². The predicted molar refractivity (Wildman–Crippen MR) is 87.1 cm³/mol. The largest absolute Gasteiger partial charge is 0.373 e. The third kappa shape index (κ3) is 2.84. The van der Waals surface area contributed by atoms with Crippen LogP contribution in [0.1, 0.15) is 40.1 Å². The van der Waals surface area contributed by atoms with Crippen LogP contribution in [0, 0.1) is 6.92 Å². The Balaban J connectivity index is 1.78. The maximum absolute atomic E-state index is 6.37. The van der Waals surface area contributed by atoms with Crippen molar-refractivity contribution >= 4 is 27.3 Å². The summed E-state index contributed by atoms with van der Waals surface area (Å²) in [5.74, 6) is 0. The van der Waals surface area contributed by atoms with Gasteiger partial charge in [-0.2, -0.15) is 0 Å². The van der Waals surface area contributed by atoms with Crippen LogP contribution in [0.4, 0.5) is 0 Å². The predicted octanol–water partition coefficient (Wildman–Crippen LogP) is 4.52. The Morgan fingerprint density at radius 1 is 1.45 bits per heavy atom. The fraction of sp³-hybridized carbons (Fsp3) is 0.375. The van der Waals surface area contributed by atoms with Gasteiger partial charge in [0, 0.05) is 10.9 Å². The van der Waals surface area contributed by atoms with Crippen LogP contribution in [-0.2, 0) is 11.2 Å². The number of aryl methyl sites for hydroxylation is 1. The fourth-order valence-corrected chi connectivity index (χ4v) is 4.27. The Morgan fingerprint density at radius 2 is 2.25 bits per heavy atom. The Morgan fingerprint density at radius 3 is 3.00 bits per heavy atom. The van der Waals surface area contributed by atoms with Crippen LogP contribution < -0.4 is 5.73 Å². The van der Waals surface area contributed by atoms with E-state index in [2.05, 4.69) is 53.2 Å². The average molecular weight is 352 g/mol. The lowest BCUT2D eigenvalue weighted by atomic mass is 9.93. The summed E-state index contributed by atoms with van der Waals surface area (Å²) in [6.45, 7) is 2.89. The van der Waals surface area contributed by atoms with Gasteiger partial charge in [-0.1, -0.05) is 24.3 Å². The maximum Gasteiger partial charge on any atom is 0.0846 e. The van der Waals surface area contributed by atoms with Crippen molar-refractivity contribution in [1.82, 2.24) is 0 Å². The molecule has 2 atom stereocenters. The molecule has 1 aromatic heterocycles. The number of hydrogen-bond acceptors (Lipinski definition) is 3. The lowest BCUT2D eigenvalue weighted by molar-refractivity contribution is 0.0322. The highest BCUT2D eigenvalue weighted by molar-refractivity contribution is 9.11.